The number of benzene rings is 1. The van der Waals surface area contributed by atoms with Gasteiger partial charge >= 0.3 is 0 Å². The fourth-order valence-corrected chi connectivity index (χ4v) is 2.94. The molecule has 25 heavy (non-hydrogen) atoms. The predicted molar refractivity (Wildman–Crippen MR) is 96.3 cm³/mol. The standard InChI is InChI=1S/C19H21N3O3/c1-12(2)18-21-17-14(6-4-10-23)16(24)8-7-15(17)19(25)22(18)13-5-3-9-20-11-13/h3,5,7-9,11-12,23-24H,4,6,10H2,1-2H3. The lowest BCUT2D eigenvalue weighted by atomic mass is 10.0. The third kappa shape index (κ3) is 3.13. The Hall–Kier alpha value is -2.73. The molecule has 0 aliphatic rings. The minimum Gasteiger partial charge on any atom is -0.508 e. The summed E-state index contributed by atoms with van der Waals surface area (Å²) in [6, 6.07) is 6.71. The Morgan fingerprint density at radius 1 is 1.24 bits per heavy atom. The van der Waals surface area contributed by atoms with Crippen LogP contribution < -0.4 is 5.56 Å². The molecule has 6 nitrogen and oxygen atoms in total. The van der Waals surface area contributed by atoms with E-state index in [4.69, 9.17) is 10.1 Å². The van der Waals surface area contributed by atoms with Gasteiger partial charge in [-0.25, -0.2) is 4.98 Å². The molecule has 0 amide bonds. The predicted octanol–water partition coefficient (Wildman–Crippen LogP) is 2.53. The second-order valence-corrected chi connectivity index (χ2v) is 6.26. The Balaban J connectivity index is 2.36. The van der Waals surface area contributed by atoms with Crippen LogP contribution >= 0.6 is 0 Å². The van der Waals surface area contributed by atoms with Crippen LogP contribution in [0.1, 0.15) is 37.6 Å². The number of pyridine rings is 1. The summed E-state index contributed by atoms with van der Waals surface area (Å²) in [6.07, 6.45) is 4.24. The van der Waals surface area contributed by atoms with E-state index in [1.165, 1.54) is 6.07 Å². The number of aromatic hydroxyl groups is 1. The topological polar surface area (TPSA) is 88.2 Å². The summed E-state index contributed by atoms with van der Waals surface area (Å²) in [5.41, 5.74) is 1.58. The average Bonchev–Trinajstić information content (AvgIpc) is 2.61. The molecule has 0 radical (unpaired) electrons. The van der Waals surface area contributed by atoms with E-state index in [0.29, 0.717) is 40.8 Å². The van der Waals surface area contributed by atoms with Gasteiger partial charge in [0, 0.05) is 24.3 Å². The van der Waals surface area contributed by atoms with Crippen molar-refractivity contribution in [2.45, 2.75) is 32.6 Å². The molecular formula is C19H21N3O3. The van der Waals surface area contributed by atoms with Crippen LogP contribution in [0.4, 0.5) is 0 Å². The maximum atomic E-state index is 13.2. The summed E-state index contributed by atoms with van der Waals surface area (Å²) in [5, 5.41) is 19.8. The van der Waals surface area contributed by atoms with Crippen molar-refractivity contribution in [1.29, 1.82) is 0 Å². The summed E-state index contributed by atoms with van der Waals surface area (Å²) < 4.78 is 1.58. The van der Waals surface area contributed by atoms with Crippen molar-refractivity contribution in [1.82, 2.24) is 14.5 Å². The van der Waals surface area contributed by atoms with Crippen LogP contribution in [0.5, 0.6) is 5.75 Å². The van der Waals surface area contributed by atoms with E-state index < -0.39 is 0 Å². The zero-order valence-corrected chi connectivity index (χ0v) is 14.3. The van der Waals surface area contributed by atoms with E-state index in [0.717, 1.165) is 0 Å². The van der Waals surface area contributed by atoms with E-state index in [9.17, 15) is 9.90 Å². The monoisotopic (exact) mass is 339 g/mol. The Morgan fingerprint density at radius 3 is 2.68 bits per heavy atom. The van der Waals surface area contributed by atoms with E-state index in [2.05, 4.69) is 4.98 Å². The summed E-state index contributed by atoms with van der Waals surface area (Å²) in [6.45, 7) is 3.95. The van der Waals surface area contributed by atoms with Crippen molar-refractivity contribution in [2.75, 3.05) is 6.61 Å². The Morgan fingerprint density at radius 2 is 2.04 bits per heavy atom. The van der Waals surface area contributed by atoms with Gasteiger partial charge in [0.1, 0.15) is 11.6 Å². The SMILES string of the molecule is CC(C)c1nc2c(CCCO)c(O)ccc2c(=O)n1-c1cccnc1. The van der Waals surface area contributed by atoms with E-state index in [1.807, 2.05) is 19.9 Å². The minimum absolute atomic E-state index is 0.00495. The molecule has 0 spiro atoms. The highest BCUT2D eigenvalue weighted by molar-refractivity contribution is 5.83. The van der Waals surface area contributed by atoms with Gasteiger partial charge in [0.05, 0.1) is 22.8 Å². The summed E-state index contributed by atoms with van der Waals surface area (Å²) in [7, 11) is 0. The van der Waals surface area contributed by atoms with Crippen LogP contribution in [0.15, 0.2) is 41.5 Å². The van der Waals surface area contributed by atoms with Crippen molar-refractivity contribution in [2.24, 2.45) is 0 Å². The zero-order chi connectivity index (χ0) is 18.0. The lowest BCUT2D eigenvalue weighted by Crippen LogP contribution is -2.25. The minimum atomic E-state index is -0.188. The number of phenolic OH excluding ortho intramolecular Hbond substituents is 1. The van der Waals surface area contributed by atoms with E-state index in [-0.39, 0.29) is 23.8 Å². The second kappa shape index (κ2) is 7.03. The van der Waals surface area contributed by atoms with Gasteiger partial charge < -0.3 is 10.2 Å². The van der Waals surface area contributed by atoms with Gasteiger partial charge in [-0.2, -0.15) is 0 Å². The molecular weight excluding hydrogens is 318 g/mol. The van der Waals surface area contributed by atoms with Crippen molar-refractivity contribution in [3.63, 3.8) is 0 Å². The zero-order valence-electron chi connectivity index (χ0n) is 14.3. The van der Waals surface area contributed by atoms with Crippen LogP contribution in [0.25, 0.3) is 16.6 Å². The number of phenols is 1. The van der Waals surface area contributed by atoms with E-state index in [1.54, 1.807) is 29.1 Å². The van der Waals surface area contributed by atoms with Crippen molar-refractivity contribution in [3.05, 3.63) is 58.4 Å². The van der Waals surface area contributed by atoms with Crippen LogP contribution in [0.2, 0.25) is 0 Å². The highest BCUT2D eigenvalue weighted by Crippen LogP contribution is 2.27. The number of hydrogen-bond donors (Lipinski definition) is 2. The fourth-order valence-electron chi connectivity index (χ4n) is 2.94. The third-order valence-corrected chi connectivity index (χ3v) is 4.15. The van der Waals surface area contributed by atoms with Gasteiger partial charge in [-0.1, -0.05) is 13.8 Å². The molecule has 130 valence electrons. The van der Waals surface area contributed by atoms with Crippen LogP contribution in [0, 0.1) is 0 Å². The average molecular weight is 339 g/mol. The number of aromatic nitrogens is 3. The molecule has 6 heteroatoms. The highest BCUT2D eigenvalue weighted by atomic mass is 16.3. The van der Waals surface area contributed by atoms with Crippen molar-refractivity contribution in [3.8, 4) is 11.4 Å². The molecule has 0 aliphatic heterocycles. The van der Waals surface area contributed by atoms with Gasteiger partial charge in [0.2, 0.25) is 0 Å². The third-order valence-electron chi connectivity index (χ3n) is 4.15. The number of hydrogen-bond acceptors (Lipinski definition) is 5. The number of nitrogens with zero attached hydrogens (tertiary/aromatic N) is 3. The first-order chi connectivity index (χ1) is 12.0. The summed E-state index contributed by atoms with van der Waals surface area (Å²) in [5.74, 6) is 0.716. The Labute approximate surface area is 145 Å². The molecule has 0 atom stereocenters. The maximum absolute atomic E-state index is 13.2. The van der Waals surface area contributed by atoms with Crippen LogP contribution in [-0.2, 0) is 6.42 Å². The Bertz CT molecular complexity index is 950. The van der Waals surface area contributed by atoms with Crippen LogP contribution in [0.3, 0.4) is 0 Å². The number of aryl methyl sites for hydroxylation is 1. The van der Waals surface area contributed by atoms with Crippen LogP contribution in [-0.4, -0.2) is 31.4 Å². The van der Waals surface area contributed by atoms with Gasteiger partial charge in [-0.3, -0.25) is 14.3 Å². The van der Waals surface area contributed by atoms with Crippen molar-refractivity contribution >= 4 is 10.9 Å². The smallest absolute Gasteiger partial charge is 0.266 e. The normalized spacial score (nSPS) is 11.4. The Kier molecular flexibility index (Phi) is 4.81. The molecule has 0 saturated carbocycles. The maximum Gasteiger partial charge on any atom is 0.266 e. The fraction of sp³-hybridized carbons (Fsp3) is 0.316. The summed E-state index contributed by atoms with van der Waals surface area (Å²) >= 11 is 0. The molecule has 2 aromatic heterocycles. The molecule has 1 aromatic carbocycles. The molecule has 2 heterocycles. The summed E-state index contributed by atoms with van der Waals surface area (Å²) in [4.78, 5) is 22.0. The molecule has 0 saturated heterocycles. The molecule has 3 rings (SSSR count). The second-order valence-electron chi connectivity index (χ2n) is 6.26. The first kappa shape index (κ1) is 17.1. The molecule has 3 aromatic rings. The van der Waals surface area contributed by atoms with Gasteiger partial charge in [0.25, 0.3) is 5.56 Å². The highest BCUT2D eigenvalue weighted by Gasteiger charge is 2.18. The molecule has 2 N–H and O–H groups in total. The number of rotatable bonds is 5. The van der Waals surface area contributed by atoms with Gasteiger partial charge in [0.15, 0.2) is 0 Å². The molecule has 0 bridgehead atoms. The largest absolute Gasteiger partial charge is 0.508 e. The van der Waals surface area contributed by atoms with E-state index >= 15 is 0 Å². The molecule has 0 fully saturated rings. The quantitative estimate of drug-likeness (QED) is 0.746. The first-order valence-electron chi connectivity index (χ1n) is 8.33. The van der Waals surface area contributed by atoms with Gasteiger partial charge in [-0.05, 0) is 37.1 Å². The van der Waals surface area contributed by atoms with Crippen molar-refractivity contribution < 1.29 is 10.2 Å². The molecule has 0 aliphatic carbocycles. The number of aliphatic hydroxyl groups is 1. The lowest BCUT2D eigenvalue weighted by molar-refractivity contribution is 0.288. The first-order valence-corrected chi connectivity index (χ1v) is 8.33. The van der Waals surface area contributed by atoms with Gasteiger partial charge in [-0.15, -0.1) is 0 Å². The molecule has 0 unspecified atom stereocenters. The number of aliphatic hydroxyl groups excluding tert-OH is 1. The lowest BCUT2D eigenvalue weighted by Gasteiger charge is -2.17. The number of fused-ring (bicyclic) bond motifs is 1.